The molecule has 6 rings (SSSR count). The number of piperazine rings is 1. The van der Waals surface area contributed by atoms with Crippen LogP contribution in [0.5, 0.6) is 0 Å². The maximum atomic E-state index is 14.0. The minimum atomic E-state index is -0.419. The fourth-order valence-electron chi connectivity index (χ4n) is 5.50. The number of carbonyl (C=O) groups is 3. The van der Waals surface area contributed by atoms with Crippen LogP contribution >= 0.6 is 11.8 Å². The first-order chi connectivity index (χ1) is 20.8. The maximum Gasteiger partial charge on any atom is 0.242 e. The van der Waals surface area contributed by atoms with Crippen LogP contribution < -0.4 is 4.90 Å². The quantitative estimate of drug-likeness (QED) is 0.332. The van der Waals surface area contributed by atoms with Gasteiger partial charge in [0.05, 0.1) is 22.4 Å². The summed E-state index contributed by atoms with van der Waals surface area (Å²) in [6.07, 6.45) is 0. The van der Waals surface area contributed by atoms with Crippen molar-refractivity contribution in [3.63, 3.8) is 0 Å². The molecule has 3 heterocycles. The van der Waals surface area contributed by atoms with Crippen molar-refractivity contribution in [2.75, 3.05) is 43.4 Å². The molecule has 0 N–H and O–H groups in total. The van der Waals surface area contributed by atoms with Gasteiger partial charge < -0.3 is 9.80 Å². The largest absolute Gasteiger partial charge is 0.339 e. The highest BCUT2D eigenvalue weighted by atomic mass is 32.2. The Balaban J connectivity index is 1.51. The van der Waals surface area contributed by atoms with Gasteiger partial charge in [-0.3, -0.25) is 19.3 Å². The van der Waals surface area contributed by atoms with Crippen molar-refractivity contribution in [2.24, 2.45) is 0 Å². The summed E-state index contributed by atoms with van der Waals surface area (Å²) < 4.78 is 29.5. The van der Waals surface area contributed by atoms with Gasteiger partial charge in [0, 0.05) is 44.2 Å². The molecule has 11 heteroatoms. The number of anilines is 1. The number of benzene rings is 3. The molecule has 2 aliphatic heterocycles. The number of hydrogen-bond donors (Lipinski definition) is 0. The molecule has 1 aromatic heterocycles. The van der Waals surface area contributed by atoms with Crippen LogP contribution in [0.2, 0.25) is 0 Å². The van der Waals surface area contributed by atoms with Gasteiger partial charge in [-0.2, -0.15) is 5.10 Å². The predicted octanol–water partition coefficient (Wildman–Crippen LogP) is 4.68. The van der Waals surface area contributed by atoms with Gasteiger partial charge in [0.1, 0.15) is 24.0 Å². The van der Waals surface area contributed by atoms with Crippen LogP contribution in [0.4, 0.5) is 14.6 Å². The van der Waals surface area contributed by atoms with Crippen LogP contribution in [-0.2, 0) is 14.4 Å². The van der Waals surface area contributed by atoms with Crippen molar-refractivity contribution in [1.82, 2.24) is 19.6 Å². The number of halogens is 2. The third kappa shape index (κ3) is 5.77. The standard InChI is InChI=1S/C32H29F2N5O3S/c1-21(40)36-15-17-37(18-16-36)27(41)19-38-28(42)20-43-31(23-7-9-24(33)10-8-23)29-30(22-5-3-2-4-6-22)35-39(32(29)38)26-13-11-25(34)12-14-26/h2-14,31H,15-20H2,1H3/t31-/m0/s1. The Morgan fingerprint density at radius 1 is 0.860 bits per heavy atom. The van der Waals surface area contributed by atoms with E-state index < -0.39 is 11.1 Å². The number of hydrogen-bond acceptors (Lipinski definition) is 5. The Kier molecular flexibility index (Phi) is 7.98. The highest BCUT2D eigenvalue weighted by Gasteiger charge is 2.38. The SMILES string of the molecule is CC(=O)N1CCN(C(=O)CN2C(=O)CS[C@@H](c3ccc(F)cc3)c3c(-c4ccccc4)nn(-c4ccc(F)cc4)c32)CC1. The molecule has 0 aliphatic carbocycles. The van der Waals surface area contributed by atoms with Gasteiger partial charge in [0.2, 0.25) is 17.7 Å². The number of fused-ring (bicyclic) bond motifs is 1. The number of amides is 3. The molecule has 1 fully saturated rings. The molecule has 0 saturated carbocycles. The lowest BCUT2D eigenvalue weighted by molar-refractivity contribution is -0.137. The number of nitrogens with zero attached hydrogens (tertiary/aromatic N) is 5. The number of rotatable bonds is 5. The molecule has 0 unspecified atom stereocenters. The molecule has 2 aliphatic rings. The van der Waals surface area contributed by atoms with Crippen molar-refractivity contribution in [3.8, 4) is 16.9 Å². The minimum Gasteiger partial charge on any atom is -0.339 e. The van der Waals surface area contributed by atoms with Gasteiger partial charge in [-0.15, -0.1) is 11.8 Å². The fourth-order valence-corrected chi connectivity index (χ4v) is 6.70. The average molecular weight is 602 g/mol. The summed E-state index contributed by atoms with van der Waals surface area (Å²) in [5.74, 6) is -0.889. The predicted molar refractivity (Wildman–Crippen MR) is 161 cm³/mol. The fraction of sp³-hybridized carbons (Fsp3) is 0.250. The summed E-state index contributed by atoms with van der Waals surface area (Å²) in [6.45, 7) is 2.86. The summed E-state index contributed by atoms with van der Waals surface area (Å²) in [4.78, 5) is 44.2. The third-order valence-electron chi connectivity index (χ3n) is 7.75. The van der Waals surface area contributed by atoms with Crippen LogP contribution in [0.15, 0.2) is 78.9 Å². The minimum absolute atomic E-state index is 0.0417. The van der Waals surface area contributed by atoms with Crippen molar-refractivity contribution < 1.29 is 23.2 Å². The van der Waals surface area contributed by atoms with Gasteiger partial charge in [-0.25, -0.2) is 13.5 Å². The first kappa shape index (κ1) is 28.6. The first-order valence-electron chi connectivity index (χ1n) is 13.9. The van der Waals surface area contributed by atoms with Crippen LogP contribution in [0.1, 0.15) is 23.3 Å². The van der Waals surface area contributed by atoms with Crippen LogP contribution in [0, 0.1) is 11.6 Å². The zero-order valence-corrected chi connectivity index (χ0v) is 24.3. The molecule has 3 amide bonds. The van der Waals surface area contributed by atoms with Crippen molar-refractivity contribution in [1.29, 1.82) is 0 Å². The van der Waals surface area contributed by atoms with E-state index in [4.69, 9.17) is 5.10 Å². The van der Waals surface area contributed by atoms with Crippen LogP contribution in [0.25, 0.3) is 16.9 Å². The highest BCUT2D eigenvalue weighted by Crippen LogP contribution is 2.48. The van der Waals surface area contributed by atoms with E-state index in [1.165, 1.54) is 47.9 Å². The van der Waals surface area contributed by atoms with Crippen LogP contribution in [-0.4, -0.2) is 75.8 Å². The molecule has 8 nitrogen and oxygen atoms in total. The molecule has 43 heavy (non-hydrogen) atoms. The second kappa shape index (κ2) is 12.0. The lowest BCUT2D eigenvalue weighted by Crippen LogP contribution is -2.53. The van der Waals surface area contributed by atoms with Gasteiger partial charge in [0.25, 0.3) is 0 Å². The lowest BCUT2D eigenvalue weighted by atomic mass is 9.99. The summed E-state index contributed by atoms with van der Waals surface area (Å²) in [5.41, 5.74) is 3.40. The molecular weight excluding hydrogens is 572 g/mol. The van der Waals surface area contributed by atoms with Crippen LogP contribution in [0.3, 0.4) is 0 Å². The second-order valence-electron chi connectivity index (χ2n) is 10.4. The zero-order valence-electron chi connectivity index (χ0n) is 23.5. The van der Waals surface area contributed by atoms with Gasteiger partial charge in [-0.05, 0) is 42.0 Å². The average Bonchev–Trinajstić information content (AvgIpc) is 3.35. The highest BCUT2D eigenvalue weighted by molar-refractivity contribution is 8.00. The second-order valence-corrected chi connectivity index (χ2v) is 11.5. The topological polar surface area (TPSA) is 78.8 Å². The Morgan fingerprint density at radius 3 is 2.09 bits per heavy atom. The molecule has 1 atom stereocenters. The van der Waals surface area contributed by atoms with Crippen molar-refractivity contribution in [2.45, 2.75) is 12.2 Å². The molecule has 0 radical (unpaired) electrons. The van der Waals surface area contributed by atoms with E-state index in [1.807, 2.05) is 30.3 Å². The Morgan fingerprint density at radius 2 is 1.47 bits per heavy atom. The van der Waals surface area contributed by atoms with E-state index >= 15 is 0 Å². The molecular formula is C32H29F2N5O3S. The Labute approximate surface area is 251 Å². The molecule has 3 aromatic carbocycles. The van der Waals surface area contributed by atoms with E-state index in [2.05, 4.69) is 0 Å². The summed E-state index contributed by atoms with van der Waals surface area (Å²) in [7, 11) is 0. The molecule has 0 spiro atoms. The van der Waals surface area contributed by atoms with Gasteiger partial charge in [-0.1, -0.05) is 42.5 Å². The first-order valence-corrected chi connectivity index (χ1v) is 15.0. The van der Waals surface area contributed by atoms with Gasteiger partial charge >= 0.3 is 0 Å². The molecule has 0 bridgehead atoms. The van der Waals surface area contributed by atoms with Crippen molar-refractivity contribution >= 4 is 35.3 Å². The van der Waals surface area contributed by atoms with E-state index in [1.54, 1.807) is 38.7 Å². The monoisotopic (exact) mass is 601 g/mol. The Hall–Kier alpha value is -4.51. The van der Waals surface area contributed by atoms with E-state index in [0.717, 1.165) is 11.1 Å². The number of aromatic nitrogens is 2. The number of carbonyl (C=O) groups excluding carboxylic acids is 3. The summed E-state index contributed by atoms with van der Waals surface area (Å²) in [6, 6.07) is 21.5. The smallest absolute Gasteiger partial charge is 0.242 e. The summed E-state index contributed by atoms with van der Waals surface area (Å²) >= 11 is 1.39. The van der Waals surface area contributed by atoms with Crippen molar-refractivity contribution in [3.05, 3.63) is 102 Å². The van der Waals surface area contributed by atoms with Gasteiger partial charge in [0.15, 0.2) is 0 Å². The van der Waals surface area contributed by atoms with E-state index in [9.17, 15) is 23.2 Å². The molecule has 220 valence electrons. The number of thioether (sulfide) groups is 1. The third-order valence-corrected chi connectivity index (χ3v) is 9.01. The molecule has 4 aromatic rings. The van der Waals surface area contributed by atoms with E-state index in [0.29, 0.717) is 48.9 Å². The normalized spacial score (nSPS) is 17.0. The maximum absolute atomic E-state index is 14.0. The Bertz CT molecular complexity index is 1650. The molecule has 1 saturated heterocycles. The summed E-state index contributed by atoms with van der Waals surface area (Å²) in [5, 5.41) is 4.56. The lowest BCUT2D eigenvalue weighted by Gasteiger charge is -2.35. The van der Waals surface area contributed by atoms with E-state index in [-0.39, 0.29) is 35.8 Å². The zero-order chi connectivity index (χ0) is 30.1.